The first-order chi connectivity index (χ1) is 12.6. The van der Waals surface area contributed by atoms with E-state index in [1.165, 1.54) is 30.5 Å². The van der Waals surface area contributed by atoms with Gasteiger partial charge in [0.15, 0.2) is 26.9 Å². The Kier molecular flexibility index (Phi) is 6.87. The molecule has 0 amide bonds. The molecule has 0 aliphatic rings. The van der Waals surface area contributed by atoms with Gasteiger partial charge in [-0.25, -0.2) is 18.4 Å². The average molecular weight is 478 g/mol. The number of nitrogen functional groups attached to an aromatic ring is 1. The Morgan fingerprint density at radius 1 is 1.22 bits per heavy atom. The summed E-state index contributed by atoms with van der Waals surface area (Å²) in [5.41, 5.74) is 5.47. The second-order valence-corrected chi connectivity index (χ2v) is 10.9. The molecule has 0 bridgehead atoms. The largest absolute Gasteiger partial charge is 0.382 e. The fourth-order valence-corrected chi connectivity index (χ4v) is 6.21. The highest BCUT2D eigenvalue weighted by molar-refractivity contribution is 9.10. The lowest BCUT2D eigenvalue weighted by atomic mass is 10.1. The van der Waals surface area contributed by atoms with Crippen LogP contribution >= 0.6 is 23.5 Å². The van der Waals surface area contributed by atoms with E-state index in [0.29, 0.717) is 10.2 Å². The summed E-state index contributed by atoms with van der Waals surface area (Å²) in [6.07, 6.45) is 1.34. The molecule has 2 aromatic rings. The van der Waals surface area contributed by atoms with Crippen molar-refractivity contribution < 1.29 is 26.8 Å². The highest BCUT2D eigenvalue weighted by Crippen LogP contribution is 2.48. The fraction of sp³-hybridized carbons (Fsp3) is 0.267. The summed E-state index contributed by atoms with van der Waals surface area (Å²) in [7, 11) is -5.39. The summed E-state index contributed by atoms with van der Waals surface area (Å²) in [4.78, 5) is 20.1. The van der Waals surface area contributed by atoms with Crippen LogP contribution in [0.2, 0.25) is 0 Å². The summed E-state index contributed by atoms with van der Waals surface area (Å²) in [5, 5.41) is 0. The Morgan fingerprint density at radius 2 is 1.81 bits per heavy atom. The minimum absolute atomic E-state index is 0.0114. The summed E-state index contributed by atoms with van der Waals surface area (Å²) in [6, 6.07) is 5.61. The number of aromatic nitrogens is 2. The normalized spacial score (nSPS) is 12.1. The number of ketones is 1. The number of hydrogen-bond donors (Lipinski definition) is 1. The molecule has 2 rings (SSSR count). The molecule has 2 N–H and O–H groups in total. The number of benzene rings is 1. The number of anilines is 1. The molecule has 0 unspecified atom stereocenters. The molecular formula is C15H17BrN3O6PS. The predicted octanol–water partition coefficient (Wildman–Crippen LogP) is 2.46. The zero-order valence-electron chi connectivity index (χ0n) is 14.5. The van der Waals surface area contributed by atoms with E-state index in [1.807, 2.05) is 0 Å². The Balaban J connectivity index is 2.19. The van der Waals surface area contributed by atoms with Crippen LogP contribution in [0.4, 0.5) is 5.82 Å². The van der Waals surface area contributed by atoms with Crippen LogP contribution in [-0.2, 0) is 29.9 Å². The van der Waals surface area contributed by atoms with E-state index >= 15 is 0 Å². The van der Waals surface area contributed by atoms with Crippen LogP contribution in [0.15, 0.2) is 40.0 Å². The highest BCUT2D eigenvalue weighted by Gasteiger charge is 2.31. The molecule has 0 saturated carbocycles. The monoisotopic (exact) mass is 477 g/mol. The lowest BCUT2D eigenvalue weighted by molar-refractivity contribution is 0.0988. The Labute approximate surface area is 164 Å². The van der Waals surface area contributed by atoms with Gasteiger partial charge in [0.05, 0.1) is 11.1 Å². The number of nitrogens with zero attached hydrogens (tertiary/aromatic N) is 2. The number of Topliss-reactive ketones (excluding diaryl/α,β-unsaturated/α-hetero) is 1. The van der Waals surface area contributed by atoms with E-state index in [2.05, 4.69) is 34.9 Å². The third kappa shape index (κ3) is 5.43. The molecule has 0 radical (unpaired) electrons. The molecule has 0 aliphatic heterocycles. The van der Waals surface area contributed by atoms with Crippen molar-refractivity contribution >= 4 is 45.0 Å². The van der Waals surface area contributed by atoms with Gasteiger partial charge in [0.2, 0.25) is 0 Å². The Morgan fingerprint density at radius 3 is 2.37 bits per heavy atom. The van der Waals surface area contributed by atoms with Gasteiger partial charge in [-0.2, -0.15) is 0 Å². The summed E-state index contributed by atoms with van der Waals surface area (Å²) in [5.74, 6) is -0.350. The molecule has 0 aliphatic carbocycles. The third-order valence-electron chi connectivity index (χ3n) is 3.57. The average Bonchev–Trinajstić information content (AvgIpc) is 2.63. The van der Waals surface area contributed by atoms with Crippen molar-refractivity contribution in [3.05, 3.63) is 46.3 Å². The van der Waals surface area contributed by atoms with E-state index in [0.717, 1.165) is 14.2 Å². The Bertz CT molecular complexity index is 989. The first kappa shape index (κ1) is 21.6. The summed E-state index contributed by atoms with van der Waals surface area (Å²) in [6.45, 7) is 0. The van der Waals surface area contributed by atoms with Crippen LogP contribution in [0.5, 0.6) is 0 Å². The number of nitrogens with two attached hydrogens (primary N) is 1. The van der Waals surface area contributed by atoms with E-state index in [1.54, 1.807) is 0 Å². The minimum Gasteiger partial charge on any atom is -0.382 e. The van der Waals surface area contributed by atoms with Crippen molar-refractivity contribution in [2.24, 2.45) is 0 Å². The van der Waals surface area contributed by atoms with Crippen molar-refractivity contribution in [1.29, 1.82) is 0 Å². The fourth-order valence-electron chi connectivity index (χ4n) is 2.13. The number of hydrogen-bond acceptors (Lipinski definition) is 9. The van der Waals surface area contributed by atoms with Crippen LogP contribution < -0.4 is 5.73 Å². The predicted molar refractivity (Wildman–Crippen MR) is 102 cm³/mol. The molecule has 27 heavy (non-hydrogen) atoms. The SMILES string of the molecule is COP(=O)(CS(=O)(=O)c1ccc(CC(=O)c2nc(Br)cnc2N)cc1)OC. The molecule has 0 fully saturated rings. The number of rotatable bonds is 8. The maximum atomic E-state index is 12.4. The maximum absolute atomic E-state index is 12.4. The van der Waals surface area contributed by atoms with Gasteiger partial charge in [-0.1, -0.05) is 12.1 Å². The van der Waals surface area contributed by atoms with Gasteiger partial charge >= 0.3 is 7.60 Å². The minimum atomic E-state index is -3.90. The molecule has 0 spiro atoms. The number of sulfone groups is 1. The lowest BCUT2D eigenvalue weighted by Gasteiger charge is -2.13. The molecule has 12 heteroatoms. The van der Waals surface area contributed by atoms with Gasteiger partial charge < -0.3 is 14.8 Å². The van der Waals surface area contributed by atoms with Crippen LogP contribution in [-0.4, -0.2) is 43.9 Å². The van der Waals surface area contributed by atoms with Gasteiger partial charge in [-0.3, -0.25) is 9.36 Å². The quantitative estimate of drug-likeness (QED) is 0.448. The molecular weight excluding hydrogens is 461 g/mol. The van der Waals surface area contributed by atoms with Crippen molar-refractivity contribution in [2.45, 2.75) is 11.3 Å². The third-order valence-corrected chi connectivity index (χ3v) is 8.68. The van der Waals surface area contributed by atoms with E-state index < -0.39 is 22.9 Å². The molecule has 9 nitrogen and oxygen atoms in total. The van der Waals surface area contributed by atoms with Crippen molar-refractivity contribution in [3.63, 3.8) is 0 Å². The molecule has 1 heterocycles. The molecule has 146 valence electrons. The van der Waals surface area contributed by atoms with Crippen molar-refractivity contribution in [3.8, 4) is 0 Å². The number of carbonyl (C=O) groups is 1. The number of carbonyl (C=O) groups excluding carboxylic acids is 1. The lowest BCUT2D eigenvalue weighted by Crippen LogP contribution is -2.12. The van der Waals surface area contributed by atoms with Gasteiger partial charge in [0.25, 0.3) is 0 Å². The second kappa shape index (κ2) is 8.57. The Hall–Kier alpha value is -1.65. The first-order valence-electron chi connectivity index (χ1n) is 7.43. The van der Waals surface area contributed by atoms with Gasteiger partial charge in [-0.15, -0.1) is 0 Å². The summed E-state index contributed by atoms with van der Waals surface area (Å²) < 4.78 is 46.5. The van der Waals surface area contributed by atoms with Crippen LogP contribution in [0, 0.1) is 0 Å². The standard InChI is InChI=1S/C15H17BrN3O6PS/c1-24-26(21,25-2)9-27(22,23)11-5-3-10(4-6-11)7-12(20)14-15(17)18-8-13(16)19-14/h3-6,8H,7,9H2,1-2H3,(H2,17,18). The topological polar surface area (TPSA) is 139 Å². The zero-order valence-corrected chi connectivity index (χ0v) is 17.8. The van der Waals surface area contributed by atoms with Crippen LogP contribution in [0.1, 0.15) is 16.1 Å². The van der Waals surface area contributed by atoms with Crippen LogP contribution in [0.25, 0.3) is 0 Å². The first-order valence-corrected chi connectivity index (χ1v) is 11.6. The van der Waals surface area contributed by atoms with E-state index in [9.17, 15) is 17.8 Å². The van der Waals surface area contributed by atoms with Crippen LogP contribution in [0.3, 0.4) is 0 Å². The maximum Gasteiger partial charge on any atom is 0.345 e. The van der Waals surface area contributed by atoms with Gasteiger partial charge in [0, 0.05) is 20.6 Å². The molecule has 1 aromatic heterocycles. The second-order valence-electron chi connectivity index (χ2n) is 5.39. The summed E-state index contributed by atoms with van der Waals surface area (Å²) >= 11 is 3.13. The zero-order chi connectivity index (χ0) is 20.2. The number of halogens is 1. The molecule has 0 saturated heterocycles. The van der Waals surface area contributed by atoms with Crippen molar-refractivity contribution in [1.82, 2.24) is 9.97 Å². The molecule has 0 atom stereocenters. The van der Waals surface area contributed by atoms with Gasteiger partial charge in [0.1, 0.15) is 10.3 Å². The van der Waals surface area contributed by atoms with E-state index in [4.69, 9.17) is 5.73 Å². The van der Waals surface area contributed by atoms with Gasteiger partial charge in [-0.05, 0) is 33.6 Å². The van der Waals surface area contributed by atoms with Crippen molar-refractivity contribution in [2.75, 3.05) is 25.4 Å². The highest BCUT2D eigenvalue weighted by atomic mass is 79.9. The smallest absolute Gasteiger partial charge is 0.345 e. The van der Waals surface area contributed by atoms with E-state index in [-0.39, 0.29) is 28.6 Å². The molecule has 1 aromatic carbocycles.